The van der Waals surface area contributed by atoms with E-state index in [0.717, 1.165) is 69.4 Å². The van der Waals surface area contributed by atoms with Crippen molar-refractivity contribution in [2.45, 2.75) is 91.9 Å². The van der Waals surface area contributed by atoms with Gasteiger partial charge >= 0.3 is 5.97 Å². The Hall–Kier alpha value is -3.60. The van der Waals surface area contributed by atoms with Gasteiger partial charge in [-0.15, -0.1) is 0 Å². The smallest absolute Gasteiger partial charge is 0.338 e. The van der Waals surface area contributed by atoms with E-state index in [0.29, 0.717) is 18.7 Å². The van der Waals surface area contributed by atoms with Gasteiger partial charge in [0.25, 0.3) is 0 Å². The number of rotatable bonds is 16. The monoisotopic (exact) mass is 568 g/mol. The van der Waals surface area contributed by atoms with Gasteiger partial charge < -0.3 is 14.5 Å². The van der Waals surface area contributed by atoms with Crippen molar-refractivity contribution in [1.29, 1.82) is 0 Å². The van der Waals surface area contributed by atoms with Crippen LogP contribution in [0.1, 0.15) is 101 Å². The van der Waals surface area contributed by atoms with Crippen LogP contribution >= 0.6 is 0 Å². The minimum absolute atomic E-state index is 0.276. The lowest BCUT2D eigenvalue weighted by Gasteiger charge is -2.19. The Bertz CT molecular complexity index is 1490. The molecule has 0 radical (unpaired) electrons. The van der Waals surface area contributed by atoms with Crippen LogP contribution in [-0.2, 0) is 4.74 Å². The molecule has 42 heavy (non-hydrogen) atoms. The van der Waals surface area contributed by atoms with Crippen LogP contribution in [0, 0.1) is 6.92 Å². The number of benzene rings is 3. The van der Waals surface area contributed by atoms with Crippen LogP contribution in [0.4, 0.5) is 5.69 Å². The number of carbonyl (C=O) groups excluding carboxylic acids is 1. The molecular weight excluding hydrogens is 520 g/mol. The van der Waals surface area contributed by atoms with Gasteiger partial charge in [0, 0.05) is 47.4 Å². The van der Waals surface area contributed by atoms with Gasteiger partial charge in [-0.25, -0.2) is 4.79 Å². The van der Waals surface area contributed by atoms with Gasteiger partial charge in [-0.1, -0.05) is 82.9 Å². The van der Waals surface area contributed by atoms with E-state index >= 15 is 0 Å². The van der Waals surface area contributed by atoms with Crippen molar-refractivity contribution >= 4 is 22.6 Å². The molecule has 5 nitrogen and oxygen atoms in total. The SMILES string of the molecule is CCCCCCCCCCCCOC(=O)c1ccccc1-c1c2cc(C)c(=NCC)cc-2oc2cc(NCC)ccc12. The molecule has 224 valence electrons. The molecule has 0 aromatic heterocycles. The van der Waals surface area contributed by atoms with E-state index in [9.17, 15) is 4.79 Å². The molecule has 0 bridgehead atoms. The summed E-state index contributed by atoms with van der Waals surface area (Å²) in [5.74, 6) is 0.472. The first-order valence-corrected chi connectivity index (χ1v) is 16.1. The highest BCUT2D eigenvalue weighted by Gasteiger charge is 2.23. The van der Waals surface area contributed by atoms with Gasteiger partial charge in [0.05, 0.1) is 17.5 Å². The highest BCUT2D eigenvalue weighted by atomic mass is 16.5. The molecule has 0 saturated heterocycles. The second-order valence-electron chi connectivity index (χ2n) is 11.2. The Morgan fingerprint density at radius 3 is 2.26 bits per heavy atom. The van der Waals surface area contributed by atoms with Crippen molar-refractivity contribution in [3.8, 4) is 22.5 Å². The van der Waals surface area contributed by atoms with E-state index < -0.39 is 0 Å². The first-order valence-electron chi connectivity index (χ1n) is 16.1. The van der Waals surface area contributed by atoms with E-state index in [4.69, 9.17) is 9.15 Å². The summed E-state index contributed by atoms with van der Waals surface area (Å²) >= 11 is 0. The van der Waals surface area contributed by atoms with Gasteiger partial charge in [0.2, 0.25) is 0 Å². The average molecular weight is 569 g/mol. The molecule has 2 aliphatic rings. The van der Waals surface area contributed by atoms with Crippen LogP contribution in [-0.4, -0.2) is 25.7 Å². The highest BCUT2D eigenvalue weighted by Crippen LogP contribution is 2.42. The molecule has 0 unspecified atom stereocenters. The lowest BCUT2D eigenvalue weighted by Crippen LogP contribution is -2.10. The first kappa shape index (κ1) is 31.3. The number of carbonyl (C=O) groups is 1. The standard InChI is InChI=1S/C37H48N2O3/c1-5-8-9-10-11-12-13-14-15-18-23-41-37(40)30-20-17-16-19-29(30)36-31-22-21-28(38-6-2)25-34(31)42-35-26-33(39-7-3)27(4)24-32(35)36/h16-17,19-22,24-26,38H,5-15,18,23H2,1-4H3. The van der Waals surface area contributed by atoms with Crippen molar-refractivity contribution < 1.29 is 13.9 Å². The zero-order valence-electron chi connectivity index (χ0n) is 26.1. The van der Waals surface area contributed by atoms with Crippen molar-refractivity contribution in [2.24, 2.45) is 4.99 Å². The molecule has 0 atom stereocenters. The molecule has 1 aliphatic carbocycles. The van der Waals surface area contributed by atoms with Crippen molar-refractivity contribution in [3.63, 3.8) is 0 Å². The number of ether oxygens (including phenoxy) is 1. The fraction of sp³-hybridized carbons (Fsp3) is 0.459. The van der Waals surface area contributed by atoms with Crippen LogP contribution in [0.2, 0.25) is 0 Å². The molecule has 0 saturated carbocycles. The molecule has 5 heteroatoms. The number of hydrogen-bond acceptors (Lipinski definition) is 5. The Balaban J connectivity index is 1.57. The van der Waals surface area contributed by atoms with Crippen molar-refractivity contribution in [3.05, 3.63) is 71.1 Å². The van der Waals surface area contributed by atoms with Gasteiger partial charge in [0.1, 0.15) is 11.3 Å². The summed E-state index contributed by atoms with van der Waals surface area (Å²) < 4.78 is 12.3. The maximum absolute atomic E-state index is 13.4. The topological polar surface area (TPSA) is 63.8 Å². The average Bonchev–Trinajstić information content (AvgIpc) is 2.99. The third-order valence-corrected chi connectivity index (χ3v) is 7.90. The van der Waals surface area contributed by atoms with Crippen LogP contribution in [0.5, 0.6) is 0 Å². The molecule has 0 spiro atoms. The number of fused-ring (bicyclic) bond motifs is 2. The van der Waals surface area contributed by atoms with E-state index in [1.807, 2.05) is 43.3 Å². The van der Waals surface area contributed by atoms with E-state index in [-0.39, 0.29) is 5.97 Å². The molecule has 1 heterocycles. The summed E-state index contributed by atoms with van der Waals surface area (Å²) in [5, 5.41) is 5.26. The summed E-state index contributed by atoms with van der Waals surface area (Å²) in [7, 11) is 0. The largest absolute Gasteiger partial charge is 0.462 e. The van der Waals surface area contributed by atoms with Crippen molar-refractivity contribution in [1.82, 2.24) is 0 Å². The van der Waals surface area contributed by atoms with Crippen LogP contribution in [0.15, 0.2) is 64.0 Å². The maximum Gasteiger partial charge on any atom is 0.338 e. The number of nitrogens with one attached hydrogen (secondary N) is 1. The molecule has 1 aliphatic heterocycles. The summed E-state index contributed by atoms with van der Waals surface area (Å²) in [6.45, 7) is 10.4. The molecular formula is C37H48N2O3. The number of anilines is 1. The Kier molecular flexibility index (Phi) is 12.0. The van der Waals surface area contributed by atoms with Gasteiger partial charge in [0.15, 0.2) is 0 Å². The summed E-state index contributed by atoms with van der Waals surface area (Å²) in [6.07, 6.45) is 12.5. The fourth-order valence-corrected chi connectivity index (χ4v) is 5.69. The predicted octanol–water partition coefficient (Wildman–Crippen LogP) is 9.94. The minimum Gasteiger partial charge on any atom is -0.462 e. The summed E-state index contributed by atoms with van der Waals surface area (Å²) in [6, 6.07) is 18.1. The fourth-order valence-electron chi connectivity index (χ4n) is 5.69. The number of aryl methyl sites for hydroxylation is 1. The lowest BCUT2D eigenvalue weighted by molar-refractivity contribution is 0.0498. The Labute approximate surface area is 251 Å². The number of hydrogen-bond donors (Lipinski definition) is 1. The lowest BCUT2D eigenvalue weighted by atomic mass is 9.90. The molecule has 0 amide bonds. The van der Waals surface area contributed by atoms with E-state index in [1.165, 1.54) is 51.4 Å². The quantitative estimate of drug-likeness (QED) is 0.0830. The van der Waals surface area contributed by atoms with Gasteiger partial charge in [-0.3, -0.25) is 4.99 Å². The molecule has 4 rings (SSSR count). The zero-order chi connectivity index (χ0) is 29.7. The predicted molar refractivity (Wildman–Crippen MR) is 175 cm³/mol. The zero-order valence-corrected chi connectivity index (χ0v) is 26.1. The third kappa shape index (κ3) is 8.02. The van der Waals surface area contributed by atoms with E-state index in [1.54, 1.807) is 0 Å². The molecule has 2 aromatic carbocycles. The van der Waals surface area contributed by atoms with Crippen LogP contribution in [0.3, 0.4) is 0 Å². The van der Waals surface area contributed by atoms with Crippen molar-refractivity contribution in [2.75, 3.05) is 25.0 Å². The molecule has 1 N–H and O–H groups in total. The number of nitrogens with zero attached hydrogens (tertiary/aromatic N) is 1. The number of esters is 1. The van der Waals surface area contributed by atoms with Gasteiger partial charge in [-0.05, 0) is 62.6 Å². The van der Waals surface area contributed by atoms with Crippen LogP contribution in [0.25, 0.3) is 33.4 Å². The summed E-state index contributed by atoms with van der Waals surface area (Å²) in [5.41, 5.74) is 6.20. The first-order chi connectivity index (χ1) is 20.6. The third-order valence-electron chi connectivity index (χ3n) is 7.90. The summed E-state index contributed by atoms with van der Waals surface area (Å²) in [4.78, 5) is 18.1. The second kappa shape index (κ2) is 16.1. The van der Waals surface area contributed by atoms with Gasteiger partial charge in [-0.2, -0.15) is 0 Å². The molecule has 0 fully saturated rings. The minimum atomic E-state index is -0.276. The van der Waals surface area contributed by atoms with Crippen LogP contribution < -0.4 is 10.7 Å². The number of unbranched alkanes of at least 4 members (excludes halogenated alkanes) is 9. The Morgan fingerprint density at radius 1 is 0.833 bits per heavy atom. The molecule has 2 aromatic rings. The second-order valence-corrected chi connectivity index (χ2v) is 11.2. The highest BCUT2D eigenvalue weighted by molar-refractivity contribution is 6.08. The maximum atomic E-state index is 13.4. The normalized spacial score (nSPS) is 11.9. The Morgan fingerprint density at radius 2 is 1.55 bits per heavy atom. The van der Waals surface area contributed by atoms with E-state index in [2.05, 4.69) is 49.3 Å².